The van der Waals surface area contributed by atoms with E-state index in [1.165, 1.54) is 6.20 Å². The first-order chi connectivity index (χ1) is 7.54. The second-order valence-corrected chi connectivity index (χ2v) is 3.34. The predicted octanol–water partition coefficient (Wildman–Crippen LogP) is 0.155. The fourth-order valence-corrected chi connectivity index (χ4v) is 1.31. The molecule has 86 valence electrons. The summed E-state index contributed by atoms with van der Waals surface area (Å²) in [4.78, 5) is 29.4. The van der Waals surface area contributed by atoms with Crippen LogP contribution in [-0.2, 0) is 17.6 Å². The normalized spacial score (nSPS) is 10.1. The monoisotopic (exact) mass is 223 g/mol. The molecule has 6 nitrogen and oxygen atoms in total. The Morgan fingerprint density at radius 2 is 2.19 bits per heavy atom. The zero-order valence-corrected chi connectivity index (χ0v) is 8.93. The lowest BCUT2D eigenvalue weighted by Crippen LogP contribution is -2.17. The number of hydrogen-bond donors (Lipinski definition) is 2. The van der Waals surface area contributed by atoms with E-state index in [0.717, 1.165) is 6.42 Å². The highest BCUT2D eigenvalue weighted by atomic mass is 16.4. The SMILES string of the molecule is CCCc1nc(CC(N)=O)ncc1C(=O)O. The lowest BCUT2D eigenvalue weighted by Gasteiger charge is -2.05. The van der Waals surface area contributed by atoms with Crippen LogP contribution < -0.4 is 5.73 Å². The fourth-order valence-electron chi connectivity index (χ4n) is 1.31. The van der Waals surface area contributed by atoms with E-state index >= 15 is 0 Å². The molecule has 0 saturated carbocycles. The molecule has 0 saturated heterocycles. The Labute approximate surface area is 92.5 Å². The second kappa shape index (κ2) is 5.20. The van der Waals surface area contributed by atoms with Gasteiger partial charge in [0.25, 0.3) is 0 Å². The molecule has 0 aliphatic carbocycles. The first-order valence-electron chi connectivity index (χ1n) is 4.91. The van der Waals surface area contributed by atoms with E-state index in [4.69, 9.17) is 10.8 Å². The molecule has 0 fully saturated rings. The summed E-state index contributed by atoms with van der Waals surface area (Å²) < 4.78 is 0. The van der Waals surface area contributed by atoms with Gasteiger partial charge in [-0.15, -0.1) is 0 Å². The van der Waals surface area contributed by atoms with Crippen molar-refractivity contribution < 1.29 is 14.7 Å². The molecule has 0 bridgehead atoms. The molecule has 1 aromatic heterocycles. The number of hydrogen-bond acceptors (Lipinski definition) is 4. The van der Waals surface area contributed by atoms with Crippen LogP contribution in [0.3, 0.4) is 0 Å². The van der Waals surface area contributed by atoms with E-state index in [0.29, 0.717) is 12.1 Å². The maximum atomic E-state index is 10.9. The van der Waals surface area contributed by atoms with E-state index in [1.54, 1.807) is 0 Å². The smallest absolute Gasteiger partial charge is 0.339 e. The number of aryl methyl sites for hydroxylation is 1. The topological polar surface area (TPSA) is 106 Å². The number of aromatic carboxylic acids is 1. The molecule has 6 heteroatoms. The van der Waals surface area contributed by atoms with Crippen LogP contribution in [0, 0.1) is 0 Å². The van der Waals surface area contributed by atoms with Crippen molar-refractivity contribution in [2.75, 3.05) is 0 Å². The lowest BCUT2D eigenvalue weighted by molar-refractivity contribution is -0.117. The molecular formula is C10H13N3O3. The van der Waals surface area contributed by atoms with Crippen LogP contribution in [0.25, 0.3) is 0 Å². The van der Waals surface area contributed by atoms with E-state index in [-0.39, 0.29) is 17.8 Å². The molecule has 1 aromatic rings. The predicted molar refractivity (Wildman–Crippen MR) is 55.9 cm³/mol. The van der Waals surface area contributed by atoms with Crippen molar-refractivity contribution in [3.63, 3.8) is 0 Å². The summed E-state index contributed by atoms with van der Waals surface area (Å²) >= 11 is 0. The molecule has 0 spiro atoms. The van der Waals surface area contributed by atoms with Crippen LogP contribution in [0.5, 0.6) is 0 Å². The van der Waals surface area contributed by atoms with Crippen LogP contribution in [0.1, 0.15) is 35.2 Å². The summed E-state index contributed by atoms with van der Waals surface area (Å²) in [5.74, 6) is -1.33. The van der Waals surface area contributed by atoms with Crippen LogP contribution in [0.15, 0.2) is 6.20 Å². The molecule has 0 aliphatic heterocycles. The van der Waals surface area contributed by atoms with Crippen LogP contribution in [-0.4, -0.2) is 27.0 Å². The molecule has 16 heavy (non-hydrogen) atoms. The molecule has 0 unspecified atom stereocenters. The Balaban J connectivity index is 3.06. The summed E-state index contributed by atoms with van der Waals surface area (Å²) in [6.45, 7) is 1.92. The van der Waals surface area contributed by atoms with Crippen molar-refractivity contribution in [3.05, 3.63) is 23.3 Å². The standard InChI is InChI=1S/C10H13N3O3/c1-2-3-7-6(10(15)16)5-12-9(13-7)4-8(11)14/h5H,2-4H2,1H3,(H2,11,14)(H,15,16). The highest BCUT2D eigenvalue weighted by Gasteiger charge is 2.13. The van der Waals surface area contributed by atoms with Crippen molar-refractivity contribution in [2.24, 2.45) is 5.73 Å². The number of nitrogens with zero attached hydrogens (tertiary/aromatic N) is 2. The van der Waals surface area contributed by atoms with Gasteiger partial charge in [0.2, 0.25) is 5.91 Å². The highest BCUT2D eigenvalue weighted by Crippen LogP contribution is 2.08. The largest absolute Gasteiger partial charge is 0.478 e. The summed E-state index contributed by atoms with van der Waals surface area (Å²) in [5, 5.41) is 8.89. The zero-order valence-electron chi connectivity index (χ0n) is 8.93. The molecule has 1 amide bonds. The Hall–Kier alpha value is -1.98. The van der Waals surface area contributed by atoms with Gasteiger partial charge in [0.05, 0.1) is 17.7 Å². The number of carbonyl (C=O) groups is 2. The summed E-state index contributed by atoms with van der Waals surface area (Å²) in [6, 6.07) is 0. The number of carboxylic acid groups (broad SMARTS) is 1. The zero-order chi connectivity index (χ0) is 12.1. The number of primary amides is 1. The number of carbonyl (C=O) groups excluding carboxylic acids is 1. The van der Waals surface area contributed by atoms with Crippen LogP contribution >= 0.6 is 0 Å². The fraction of sp³-hybridized carbons (Fsp3) is 0.400. The average molecular weight is 223 g/mol. The minimum absolute atomic E-state index is 0.0728. The van der Waals surface area contributed by atoms with Gasteiger partial charge in [0, 0.05) is 6.20 Å². The van der Waals surface area contributed by atoms with Crippen molar-refractivity contribution >= 4 is 11.9 Å². The minimum atomic E-state index is -1.06. The lowest BCUT2D eigenvalue weighted by atomic mass is 10.1. The maximum Gasteiger partial charge on any atom is 0.339 e. The van der Waals surface area contributed by atoms with Crippen molar-refractivity contribution in [3.8, 4) is 0 Å². The van der Waals surface area contributed by atoms with Gasteiger partial charge in [-0.05, 0) is 6.42 Å². The summed E-state index contributed by atoms with van der Waals surface area (Å²) in [6.07, 6.45) is 2.46. The Morgan fingerprint density at radius 3 is 2.69 bits per heavy atom. The molecular weight excluding hydrogens is 210 g/mol. The number of amides is 1. The average Bonchev–Trinajstić information content (AvgIpc) is 2.17. The van der Waals surface area contributed by atoms with Gasteiger partial charge in [-0.1, -0.05) is 13.3 Å². The molecule has 1 heterocycles. The third-order valence-corrected chi connectivity index (χ3v) is 1.97. The number of rotatable bonds is 5. The Kier molecular flexibility index (Phi) is 3.93. The molecule has 3 N–H and O–H groups in total. The van der Waals surface area contributed by atoms with Gasteiger partial charge in [-0.25, -0.2) is 14.8 Å². The van der Waals surface area contributed by atoms with Crippen molar-refractivity contribution in [1.29, 1.82) is 0 Å². The van der Waals surface area contributed by atoms with Gasteiger partial charge < -0.3 is 10.8 Å². The first kappa shape index (κ1) is 12.1. The third kappa shape index (κ3) is 3.01. The molecule has 1 rings (SSSR count). The maximum absolute atomic E-state index is 10.9. The van der Waals surface area contributed by atoms with Crippen LogP contribution in [0.4, 0.5) is 0 Å². The number of carboxylic acids is 1. The van der Waals surface area contributed by atoms with E-state index in [9.17, 15) is 9.59 Å². The van der Waals surface area contributed by atoms with Crippen LogP contribution in [0.2, 0.25) is 0 Å². The molecule has 0 aliphatic rings. The van der Waals surface area contributed by atoms with Gasteiger partial charge >= 0.3 is 5.97 Å². The molecule has 0 aromatic carbocycles. The Morgan fingerprint density at radius 1 is 1.50 bits per heavy atom. The summed E-state index contributed by atoms with van der Waals surface area (Å²) in [5.41, 5.74) is 5.54. The van der Waals surface area contributed by atoms with Gasteiger partial charge in [-0.2, -0.15) is 0 Å². The van der Waals surface area contributed by atoms with Gasteiger partial charge in [0.15, 0.2) is 0 Å². The van der Waals surface area contributed by atoms with Gasteiger partial charge in [-0.3, -0.25) is 4.79 Å². The molecule has 0 radical (unpaired) electrons. The second-order valence-electron chi connectivity index (χ2n) is 3.34. The third-order valence-electron chi connectivity index (χ3n) is 1.97. The van der Waals surface area contributed by atoms with Crippen molar-refractivity contribution in [2.45, 2.75) is 26.2 Å². The first-order valence-corrected chi connectivity index (χ1v) is 4.91. The van der Waals surface area contributed by atoms with E-state index in [2.05, 4.69) is 9.97 Å². The Bertz CT molecular complexity index is 418. The van der Waals surface area contributed by atoms with Crippen molar-refractivity contribution in [1.82, 2.24) is 9.97 Å². The minimum Gasteiger partial charge on any atom is -0.478 e. The quantitative estimate of drug-likeness (QED) is 0.739. The number of aromatic nitrogens is 2. The highest BCUT2D eigenvalue weighted by molar-refractivity contribution is 5.88. The number of nitrogens with two attached hydrogens (primary N) is 1. The summed E-state index contributed by atoms with van der Waals surface area (Å²) in [7, 11) is 0. The molecule has 0 atom stereocenters. The van der Waals surface area contributed by atoms with E-state index < -0.39 is 11.9 Å². The van der Waals surface area contributed by atoms with Gasteiger partial charge in [0.1, 0.15) is 5.82 Å². The van der Waals surface area contributed by atoms with E-state index in [1.807, 2.05) is 6.92 Å².